The number of aromatic amines is 1. The van der Waals surface area contributed by atoms with Gasteiger partial charge in [-0.05, 0) is 38.8 Å². The summed E-state index contributed by atoms with van der Waals surface area (Å²) < 4.78 is 0. The van der Waals surface area contributed by atoms with Gasteiger partial charge in [0.25, 0.3) is 0 Å². The van der Waals surface area contributed by atoms with Gasteiger partial charge >= 0.3 is 0 Å². The van der Waals surface area contributed by atoms with Crippen LogP contribution in [0.2, 0.25) is 0 Å². The molecule has 0 saturated carbocycles. The van der Waals surface area contributed by atoms with Crippen molar-refractivity contribution < 1.29 is 0 Å². The molecule has 1 aromatic heterocycles. The molecule has 4 heteroatoms. The van der Waals surface area contributed by atoms with Crippen LogP contribution in [-0.4, -0.2) is 22.0 Å². The molecule has 0 saturated heterocycles. The zero-order valence-corrected chi connectivity index (χ0v) is 11.9. The normalized spacial score (nSPS) is 12.6. The molecule has 1 atom stereocenters. The lowest BCUT2D eigenvalue weighted by atomic mass is 9.99. The highest BCUT2D eigenvalue weighted by Crippen LogP contribution is 2.18. The number of aromatic nitrogens is 3. The third-order valence-electron chi connectivity index (χ3n) is 3.15. The Bertz CT molecular complexity index is 485. The smallest absolute Gasteiger partial charge is 0.0997 e. The predicted octanol–water partition coefficient (Wildman–Crippen LogP) is 2.70. The molecule has 1 aromatic carbocycles. The van der Waals surface area contributed by atoms with Gasteiger partial charge in [0, 0.05) is 0 Å². The van der Waals surface area contributed by atoms with E-state index in [9.17, 15) is 0 Å². The fourth-order valence-electron chi connectivity index (χ4n) is 2.40. The van der Waals surface area contributed by atoms with Crippen LogP contribution in [0.1, 0.15) is 41.8 Å². The van der Waals surface area contributed by atoms with Gasteiger partial charge in [0.2, 0.25) is 0 Å². The summed E-state index contributed by atoms with van der Waals surface area (Å²) in [5, 5.41) is 14.4. The summed E-state index contributed by atoms with van der Waals surface area (Å²) in [6.07, 6.45) is 3.85. The summed E-state index contributed by atoms with van der Waals surface area (Å²) in [5.74, 6) is 0. The van der Waals surface area contributed by atoms with Crippen LogP contribution in [0.4, 0.5) is 0 Å². The van der Waals surface area contributed by atoms with Crippen LogP contribution in [0.15, 0.2) is 24.4 Å². The number of benzene rings is 1. The molecule has 2 aromatic rings. The average molecular weight is 258 g/mol. The van der Waals surface area contributed by atoms with Crippen LogP contribution in [-0.2, 0) is 6.42 Å². The Morgan fingerprint density at radius 1 is 1.21 bits per heavy atom. The molecule has 4 nitrogen and oxygen atoms in total. The van der Waals surface area contributed by atoms with Gasteiger partial charge in [-0.2, -0.15) is 15.4 Å². The lowest BCUT2D eigenvalue weighted by Crippen LogP contribution is -2.24. The predicted molar refractivity (Wildman–Crippen MR) is 77.0 cm³/mol. The molecule has 0 amide bonds. The second-order valence-electron chi connectivity index (χ2n) is 5.10. The van der Waals surface area contributed by atoms with Crippen LogP contribution in [0, 0.1) is 13.8 Å². The third-order valence-corrected chi connectivity index (χ3v) is 3.15. The summed E-state index contributed by atoms with van der Waals surface area (Å²) in [6.45, 7) is 7.44. The minimum atomic E-state index is 0.222. The highest BCUT2D eigenvalue weighted by Gasteiger charge is 2.14. The molecule has 0 bridgehead atoms. The van der Waals surface area contributed by atoms with Crippen LogP contribution in [0.25, 0.3) is 0 Å². The van der Waals surface area contributed by atoms with Crippen molar-refractivity contribution in [2.24, 2.45) is 0 Å². The number of nitrogens with one attached hydrogen (secondary N) is 2. The van der Waals surface area contributed by atoms with Crippen molar-refractivity contribution in [3.05, 3.63) is 46.8 Å². The van der Waals surface area contributed by atoms with Crippen LogP contribution >= 0.6 is 0 Å². The molecule has 0 aliphatic heterocycles. The van der Waals surface area contributed by atoms with E-state index in [0.717, 1.165) is 25.1 Å². The summed E-state index contributed by atoms with van der Waals surface area (Å²) in [5.41, 5.74) is 4.94. The Morgan fingerprint density at radius 2 is 1.95 bits per heavy atom. The molecular formula is C15H22N4. The quantitative estimate of drug-likeness (QED) is 0.837. The number of rotatable bonds is 6. The van der Waals surface area contributed by atoms with E-state index in [1.807, 2.05) is 0 Å². The highest BCUT2D eigenvalue weighted by atomic mass is 15.3. The number of hydrogen-bond donors (Lipinski definition) is 2. The molecular weight excluding hydrogens is 236 g/mol. The molecule has 0 aliphatic rings. The van der Waals surface area contributed by atoms with E-state index < -0.39 is 0 Å². The average Bonchev–Trinajstić information content (AvgIpc) is 2.87. The number of H-pyrrole nitrogens is 1. The second kappa shape index (κ2) is 6.48. The van der Waals surface area contributed by atoms with Gasteiger partial charge in [0.1, 0.15) is 0 Å². The van der Waals surface area contributed by atoms with Crippen molar-refractivity contribution in [2.45, 2.75) is 39.7 Å². The lowest BCUT2D eigenvalue weighted by Gasteiger charge is -2.16. The van der Waals surface area contributed by atoms with Crippen molar-refractivity contribution in [1.82, 2.24) is 20.7 Å². The highest BCUT2D eigenvalue weighted by molar-refractivity contribution is 5.29. The topological polar surface area (TPSA) is 53.6 Å². The van der Waals surface area contributed by atoms with Crippen LogP contribution in [0.3, 0.4) is 0 Å². The molecule has 1 heterocycles. The van der Waals surface area contributed by atoms with Crippen molar-refractivity contribution in [2.75, 3.05) is 6.54 Å². The first-order valence-corrected chi connectivity index (χ1v) is 6.85. The van der Waals surface area contributed by atoms with E-state index in [0.29, 0.717) is 0 Å². The van der Waals surface area contributed by atoms with Crippen molar-refractivity contribution >= 4 is 0 Å². The van der Waals surface area contributed by atoms with Crippen LogP contribution in [0.5, 0.6) is 0 Å². The fourth-order valence-corrected chi connectivity index (χ4v) is 2.40. The van der Waals surface area contributed by atoms with Crippen molar-refractivity contribution in [3.63, 3.8) is 0 Å². The van der Waals surface area contributed by atoms with E-state index in [1.165, 1.54) is 16.7 Å². The van der Waals surface area contributed by atoms with Gasteiger partial charge in [0.05, 0.1) is 17.9 Å². The fraction of sp³-hybridized carbons (Fsp3) is 0.467. The lowest BCUT2D eigenvalue weighted by molar-refractivity contribution is 0.516. The molecule has 2 rings (SSSR count). The molecule has 0 fully saturated rings. The Kier molecular flexibility index (Phi) is 4.68. The van der Waals surface area contributed by atoms with Crippen LogP contribution < -0.4 is 5.32 Å². The number of nitrogens with zero attached hydrogens (tertiary/aromatic N) is 2. The zero-order valence-electron chi connectivity index (χ0n) is 11.9. The van der Waals surface area contributed by atoms with E-state index in [2.05, 4.69) is 59.7 Å². The van der Waals surface area contributed by atoms with Gasteiger partial charge in [0.15, 0.2) is 0 Å². The molecule has 19 heavy (non-hydrogen) atoms. The summed E-state index contributed by atoms with van der Waals surface area (Å²) in [4.78, 5) is 0. The van der Waals surface area contributed by atoms with E-state index in [-0.39, 0.29) is 6.04 Å². The van der Waals surface area contributed by atoms with E-state index >= 15 is 0 Å². The number of hydrogen-bond acceptors (Lipinski definition) is 3. The molecule has 2 N–H and O–H groups in total. The maximum Gasteiger partial charge on any atom is 0.0997 e. The van der Waals surface area contributed by atoms with Gasteiger partial charge < -0.3 is 5.32 Å². The van der Waals surface area contributed by atoms with E-state index in [4.69, 9.17) is 0 Å². The molecule has 0 spiro atoms. The standard InChI is InChI=1S/C15H22N4/c1-4-5-16-14(15-10-17-19-18-15)9-13-7-11(2)6-12(3)8-13/h6-8,10,14,16H,4-5,9H2,1-3H3,(H,17,18,19). The maximum absolute atomic E-state index is 4.21. The first-order valence-electron chi connectivity index (χ1n) is 6.85. The monoisotopic (exact) mass is 258 g/mol. The molecule has 1 unspecified atom stereocenters. The summed E-state index contributed by atoms with van der Waals surface area (Å²) in [6, 6.07) is 6.91. The molecule has 102 valence electrons. The maximum atomic E-state index is 4.21. The van der Waals surface area contributed by atoms with E-state index in [1.54, 1.807) is 6.20 Å². The number of aryl methyl sites for hydroxylation is 2. The van der Waals surface area contributed by atoms with Crippen molar-refractivity contribution in [1.29, 1.82) is 0 Å². The first kappa shape index (κ1) is 13.7. The molecule has 0 radical (unpaired) electrons. The largest absolute Gasteiger partial charge is 0.308 e. The minimum absolute atomic E-state index is 0.222. The minimum Gasteiger partial charge on any atom is -0.308 e. The first-order chi connectivity index (χ1) is 9.19. The van der Waals surface area contributed by atoms with Gasteiger partial charge in [-0.25, -0.2) is 0 Å². The summed E-state index contributed by atoms with van der Waals surface area (Å²) >= 11 is 0. The van der Waals surface area contributed by atoms with Gasteiger partial charge in [-0.3, -0.25) is 0 Å². The third kappa shape index (κ3) is 3.89. The second-order valence-corrected chi connectivity index (χ2v) is 5.10. The zero-order chi connectivity index (χ0) is 13.7. The van der Waals surface area contributed by atoms with Crippen molar-refractivity contribution in [3.8, 4) is 0 Å². The summed E-state index contributed by atoms with van der Waals surface area (Å²) in [7, 11) is 0. The Morgan fingerprint density at radius 3 is 2.53 bits per heavy atom. The SMILES string of the molecule is CCCNC(Cc1cc(C)cc(C)c1)c1cn[nH]n1. The van der Waals surface area contributed by atoms with Gasteiger partial charge in [-0.1, -0.05) is 36.2 Å². The Balaban J connectivity index is 2.15. The molecule has 0 aliphatic carbocycles. The Labute approximate surface area is 114 Å². The Hall–Kier alpha value is -1.68. The van der Waals surface area contributed by atoms with Gasteiger partial charge in [-0.15, -0.1) is 0 Å².